The minimum atomic E-state index is -0.450. The van der Waals surface area contributed by atoms with Crippen LogP contribution in [0.1, 0.15) is 39.5 Å². The fourth-order valence-electron chi connectivity index (χ4n) is 4.83. The van der Waals surface area contributed by atoms with Crippen molar-refractivity contribution in [3.8, 4) is 11.8 Å². The molecule has 2 aliphatic rings. The van der Waals surface area contributed by atoms with Gasteiger partial charge in [-0.25, -0.2) is 8.78 Å². The molecule has 0 unspecified atom stereocenters. The lowest BCUT2D eigenvalue weighted by Gasteiger charge is -2.39. The van der Waals surface area contributed by atoms with Gasteiger partial charge in [0.1, 0.15) is 11.6 Å². The highest BCUT2D eigenvalue weighted by molar-refractivity contribution is 5.95. The molecule has 2 heterocycles. The highest BCUT2D eigenvalue weighted by Crippen LogP contribution is 2.47. The van der Waals surface area contributed by atoms with Gasteiger partial charge in [0.05, 0.1) is 18.7 Å². The summed E-state index contributed by atoms with van der Waals surface area (Å²) in [5.41, 5.74) is 3.56. The molecule has 33 heavy (non-hydrogen) atoms. The Labute approximate surface area is 190 Å². The van der Waals surface area contributed by atoms with Crippen molar-refractivity contribution in [1.29, 1.82) is 0 Å². The lowest BCUT2D eigenvalue weighted by Crippen LogP contribution is -2.42. The van der Waals surface area contributed by atoms with Gasteiger partial charge in [0, 0.05) is 34.8 Å². The number of fused-ring (bicyclic) bond motifs is 3. The SMILES string of the molecule is O=C(c1cccc(F)c1)N1CC[C@@H]2[C@H]1c1cc(C#Cc3ccc(F)cc3)ccc1N[C@@H]2CO. The number of nitrogens with one attached hydrogen (secondary N) is 1. The maximum Gasteiger partial charge on any atom is 0.254 e. The Balaban J connectivity index is 1.51. The molecular weight excluding hydrogens is 422 g/mol. The van der Waals surface area contributed by atoms with E-state index in [0.29, 0.717) is 17.7 Å². The molecule has 0 saturated carbocycles. The number of aliphatic hydroxyl groups excluding tert-OH is 1. The van der Waals surface area contributed by atoms with Crippen LogP contribution >= 0.6 is 0 Å². The average molecular weight is 444 g/mol. The standard InChI is InChI=1S/C27H22F2N2O2/c28-20-9-6-17(7-10-20)4-5-18-8-11-24-23(14-18)26-22(25(16-32)30-24)12-13-31(26)27(33)19-2-1-3-21(29)15-19/h1-3,6-11,14-15,22,25-26,30,32H,12-13,16H2/t22-,25+,26-/m0/s1. The Morgan fingerprint density at radius 1 is 1.00 bits per heavy atom. The zero-order valence-electron chi connectivity index (χ0n) is 17.8. The molecule has 3 aromatic carbocycles. The molecule has 0 radical (unpaired) electrons. The van der Waals surface area contributed by atoms with Gasteiger partial charge in [0.2, 0.25) is 0 Å². The van der Waals surface area contributed by atoms with E-state index >= 15 is 0 Å². The van der Waals surface area contributed by atoms with E-state index in [9.17, 15) is 18.7 Å². The van der Waals surface area contributed by atoms with Gasteiger partial charge in [-0.2, -0.15) is 0 Å². The number of likely N-dealkylation sites (tertiary alicyclic amines) is 1. The first-order valence-corrected chi connectivity index (χ1v) is 10.9. The quantitative estimate of drug-likeness (QED) is 0.578. The molecule has 1 amide bonds. The number of benzene rings is 3. The summed E-state index contributed by atoms with van der Waals surface area (Å²) < 4.78 is 26.9. The average Bonchev–Trinajstić information content (AvgIpc) is 3.28. The van der Waals surface area contributed by atoms with Gasteiger partial charge in [0.25, 0.3) is 5.91 Å². The predicted molar refractivity (Wildman–Crippen MR) is 122 cm³/mol. The molecule has 166 valence electrons. The first kappa shape index (κ1) is 21.2. The number of carbonyl (C=O) groups is 1. The van der Waals surface area contributed by atoms with Crippen molar-refractivity contribution >= 4 is 11.6 Å². The van der Waals surface area contributed by atoms with Crippen molar-refractivity contribution in [3.63, 3.8) is 0 Å². The maximum absolute atomic E-state index is 13.8. The lowest BCUT2D eigenvalue weighted by atomic mass is 9.82. The summed E-state index contributed by atoms with van der Waals surface area (Å²) >= 11 is 0. The normalized spacial score (nSPS) is 20.8. The third-order valence-electron chi connectivity index (χ3n) is 6.40. The van der Waals surface area contributed by atoms with Crippen molar-refractivity contribution in [2.45, 2.75) is 18.5 Å². The van der Waals surface area contributed by atoms with Gasteiger partial charge in [-0.15, -0.1) is 0 Å². The first-order chi connectivity index (χ1) is 16.0. The number of amides is 1. The predicted octanol–water partition coefficient (Wildman–Crippen LogP) is 4.35. The van der Waals surface area contributed by atoms with Crippen LogP contribution in [0.2, 0.25) is 0 Å². The van der Waals surface area contributed by atoms with Crippen LogP contribution in [0.3, 0.4) is 0 Å². The zero-order chi connectivity index (χ0) is 22.9. The Morgan fingerprint density at radius 2 is 1.76 bits per heavy atom. The summed E-state index contributed by atoms with van der Waals surface area (Å²) in [6, 6.07) is 17.0. The van der Waals surface area contributed by atoms with E-state index < -0.39 is 5.82 Å². The second-order valence-electron chi connectivity index (χ2n) is 8.40. The van der Waals surface area contributed by atoms with Crippen LogP contribution < -0.4 is 5.32 Å². The van der Waals surface area contributed by atoms with Gasteiger partial charge in [-0.3, -0.25) is 4.79 Å². The summed E-state index contributed by atoms with van der Waals surface area (Å²) in [5, 5.41) is 13.4. The molecular formula is C27H22F2N2O2. The van der Waals surface area contributed by atoms with Crippen LogP contribution in [-0.4, -0.2) is 35.1 Å². The number of halogens is 2. The molecule has 0 aromatic heterocycles. The minimum Gasteiger partial charge on any atom is -0.394 e. The second-order valence-corrected chi connectivity index (χ2v) is 8.40. The molecule has 1 fully saturated rings. The van der Waals surface area contributed by atoms with Gasteiger partial charge in [-0.1, -0.05) is 17.9 Å². The Morgan fingerprint density at radius 3 is 2.52 bits per heavy atom. The third kappa shape index (κ3) is 4.08. The number of rotatable bonds is 2. The Hall–Kier alpha value is -3.69. The lowest BCUT2D eigenvalue weighted by molar-refractivity contribution is 0.0700. The van der Waals surface area contributed by atoms with Crippen molar-refractivity contribution in [2.75, 3.05) is 18.5 Å². The molecule has 0 spiro atoms. The summed E-state index contributed by atoms with van der Waals surface area (Å²) in [5.74, 6) is 5.20. The van der Waals surface area contributed by atoms with Crippen molar-refractivity contribution in [1.82, 2.24) is 4.90 Å². The minimum absolute atomic E-state index is 0.0281. The number of aliphatic hydroxyl groups is 1. The molecule has 0 bridgehead atoms. The molecule has 1 saturated heterocycles. The molecule has 3 aromatic rings. The highest BCUT2D eigenvalue weighted by Gasteiger charge is 2.45. The van der Waals surface area contributed by atoms with E-state index in [1.807, 2.05) is 18.2 Å². The molecule has 0 aliphatic carbocycles. The van der Waals surface area contributed by atoms with Crippen LogP contribution in [0, 0.1) is 29.4 Å². The number of anilines is 1. The summed E-state index contributed by atoms with van der Waals surface area (Å²) in [4.78, 5) is 15.1. The van der Waals surface area contributed by atoms with Crippen LogP contribution in [0.5, 0.6) is 0 Å². The monoisotopic (exact) mass is 444 g/mol. The summed E-state index contributed by atoms with van der Waals surface area (Å²) in [7, 11) is 0. The molecule has 2 N–H and O–H groups in total. The third-order valence-corrected chi connectivity index (χ3v) is 6.40. The molecule has 2 aliphatic heterocycles. The highest BCUT2D eigenvalue weighted by atomic mass is 19.1. The smallest absolute Gasteiger partial charge is 0.254 e. The van der Waals surface area contributed by atoms with Crippen LogP contribution in [0.15, 0.2) is 66.7 Å². The molecule has 3 atom stereocenters. The molecule has 5 rings (SSSR count). The second kappa shape index (κ2) is 8.68. The van der Waals surface area contributed by atoms with Crippen molar-refractivity contribution in [2.24, 2.45) is 5.92 Å². The fraction of sp³-hybridized carbons (Fsp3) is 0.222. The van der Waals surface area contributed by atoms with E-state index in [0.717, 1.165) is 23.2 Å². The van der Waals surface area contributed by atoms with Gasteiger partial charge in [0.15, 0.2) is 0 Å². The van der Waals surface area contributed by atoms with E-state index in [1.54, 1.807) is 23.1 Å². The number of hydrogen-bond donors (Lipinski definition) is 2. The van der Waals surface area contributed by atoms with E-state index in [4.69, 9.17) is 0 Å². The van der Waals surface area contributed by atoms with E-state index in [1.165, 1.54) is 30.3 Å². The van der Waals surface area contributed by atoms with Crippen LogP contribution in [0.4, 0.5) is 14.5 Å². The largest absolute Gasteiger partial charge is 0.394 e. The van der Waals surface area contributed by atoms with E-state index in [-0.39, 0.29) is 36.3 Å². The number of hydrogen-bond acceptors (Lipinski definition) is 3. The maximum atomic E-state index is 13.8. The Kier molecular flexibility index (Phi) is 5.57. The summed E-state index contributed by atoms with van der Waals surface area (Å²) in [6.07, 6.45) is 0.731. The van der Waals surface area contributed by atoms with Gasteiger partial charge < -0.3 is 15.3 Å². The Bertz CT molecular complexity index is 1260. The molecule has 6 heteroatoms. The van der Waals surface area contributed by atoms with Crippen LogP contribution in [-0.2, 0) is 0 Å². The van der Waals surface area contributed by atoms with Gasteiger partial charge >= 0.3 is 0 Å². The topological polar surface area (TPSA) is 52.6 Å². The molecule has 4 nitrogen and oxygen atoms in total. The van der Waals surface area contributed by atoms with Crippen molar-refractivity contribution < 1.29 is 18.7 Å². The number of carbonyl (C=O) groups excluding carboxylic acids is 1. The van der Waals surface area contributed by atoms with Gasteiger partial charge in [-0.05, 0) is 72.6 Å². The van der Waals surface area contributed by atoms with Crippen LogP contribution in [0.25, 0.3) is 0 Å². The summed E-state index contributed by atoms with van der Waals surface area (Å²) in [6.45, 7) is 0.475. The fourth-order valence-corrected chi connectivity index (χ4v) is 4.83. The van der Waals surface area contributed by atoms with Crippen molar-refractivity contribution in [3.05, 3.63) is 101 Å². The van der Waals surface area contributed by atoms with E-state index in [2.05, 4.69) is 17.2 Å². The zero-order valence-corrected chi connectivity index (χ0v) is 17.8. The number of nitrogens with zero attached hydrogens (tertiary/aromatic N) is 1. The first-order valence-electron chi connectivity index (χ1n) is 10.9.